The van der Waals surface area contributed by atoms with E-state index in [9.17, 15) is 4.79 Å². The molecular formula is C23H28N4O2. The minimum Gasteiger partial charge on any atom is -0.497 e. The van der Waals surface area contributed by atoms with Gasteiger partial charge in [0.15, 0.2) is 0 Å². The van der Waals surface area contributed by atoms with Crippen LogP contribution in [0.15, 0.2) is 60.8 Å². The monoisotopic (exact) mass is 392 g/mol. The topological polar surface area (TPSA) is 68.2 Å². The number of aromatic nitrogens is 2. The molecule has 6 nitrogen and oxygen atoms in total. The largest absolute Gasteiger partial charge is 0.497 e. The lowest BCUT2D eigenvalue weighted by molar-refractivity contribution is -0.120. The van der Waals surface area contributed by atoms with Gasteiger partial charge in [-0.3, -0.25) is 4.79 Å². The predicted octanol–water partition coefficient (Wildman–Crippen LogP) is 3.21. The standard InChI is InChI=1S/C23H28N4O2/c1-3-13-24-14-15-25-22(28)16-19-17-27(20-7-5-4-6-8-20)26-23(19)18-9-11-21(29-2)12-10-18/h4-12,17,24H,3,13-16H2,1-2H3,(H,25,28). The van der Waals surface area contributed by atoms with E-state index in [0.717, 1.165) is 47.8 Å². The number of hydrogen-bond acceptors (Lipinski definition) is 4. The highest BCUT2D eigenvalue weighted by Gasteiger charge is 2.15. The van der Waals surface area contributed by atoms with Crippen LogP contribution in [0.4, 0.5) is 0 Å². The number of rotatable bonds is 10. The number of amides is 1. The van der Waals surface area contributed by atoms with Crippen LogP contribution >= 0.6 is 0 Å². The van der Waals surface area contributed by atoms with Gasteiger partial charge in [-0.05, 0) is 49.4 Å². The van der Waals surface area contributed by atoms with Gasteiger partial charge in [0.25, 0.3) is 0 Å². The molecule has 2 N–H and O–H groups in total. The fraction of sp³-hybridized carbons (Fsp3) is 0.304. The van der Waals surface area contributed by atoms with Crippen LogP contribution in [0.5, 0.6) is 5.75 Å². The van der Waals surface area contributed by atoms with Gasteiger partial charge in [-0.1, -0.05) is 25.1 Å². The van der Waals surface area contributed by atoms with Gasteiger partial charge < -0.3 is 15.4 Å². The van der Waals surface area contributed by atoms with Crippen LogP contribution in [-0.2, 0) is 11.2 Å². The molecule has 1 aromatic heterocycles. The Morgan fingerprint density at radius 3 is 2.48 bits per heavy atom. The number of carbonyl (C=O) groups is 1. The van der Waals surface area contributed by atoms with E-state index in [2.05, 4.69) is 17.6 Å². The summed E-state index contributed by atoms with van der Waals surface area (Å²) in [6, 6.07) is 17.6. The molecular weight excluding hydrogens is 364 g/mol. The Hall–Kier alpha value is -3.12. The number of para-hydroxylation sites is 1. The van der Waals surface area contributed by atoms with Crippen LogP contribution < -0.4 is 15.4 Å². The third kappa shape index (κ3) is 5.68. The molecule has 0 saturated heterocycles. The molecule has 0 aliphatic carbocycles. The number of carbonyl (C=O) groups excluding carboxylic acids is 1. The number of nitrogens with zero attached hydrogens (tertiary/aromatic N) is 2. The summed E-state index contributed by atoms with van der Waals surface area (Å²) in [5.74, 6) is 0.779. The van der Waals surface area contributed by atoms with Crippen molar-refractivity contribution >= 4 is 5.91 Å². The van der Waals surface area contributed by atoms with Crippen LogP contribution in [0.25, 0.3) is 16.9 Å². The van der Waals surface area contributed by atoms with E-state index < -0.39 is 0 Å². The molecule has 0 atom stereocenters. The first-order valence-electron chi connectivity index (χ1n) is 9.97. The van der Waals surface area contributed by atoms with Gasteiger partial charge in [-0.15, -0.1) is 0 Å². The zero-order valence-corrected chi connectivity index (χ0v) is 17.0. The normalized spacial score (nSPS) is 10.7. The lowest BCUT2D eigenvalue weighted by Crippen LogP contribution is -2.33. The second-order valence-corrected chi connectivity index (χ2v) is 6.79. The molecule has 0 unspecified atom stereocenters. The van der Waals surface area contributed by atoms with Gasteiger partial charge in [-0.25, -0.2) is 4.68 Å². The third-order valence-corrected chi connectivity index (χ3v) is 4.58. The van der Waals surface area contributed by atoms with E-state index in [1.54, 1.807) is 7.11 Å². The molecule has 0 aliphatic heterocycles. The smallest absolute Gasteiger partial charge is 0.224 e. The average molecular weight is 393 g/mol. The number of nitrogens with one attached hydrogen (secondary N) is 2. The maximum Gasteiger partial charge on any atom is 0.224 e. The van der Waals surface area contributed by atoms with Gasteiger partial charge in [0.2, 0.25) is 5.91 Å². The zero-order chi connectivity index (χ0) is 20.5. The molecule has 0 saturated carbocycles. The number of benzene rings is 2. The summed E-state index contributed by atoms with van der Waals surface area (Å²) < 4.78 is 7.08. The Kier molecular flexibility index (Phi) is 7.41. The van der Waals surface area contributed by atoms with Crippen molar-refractivity contribution < 1.29 is 9.53 Å². The van der Waals surface area contributed by atoms with E-state index in [1.165, 1.54) is 0 Å². The molecule has 0 radical (unpaired) electrons. The summed E-state index contributed by atoms with van der Waals surface area (Å²) in [7, 11) is 1.64. The average Bonchev–Trinajstić information content (AvgIpc) is 3.18. The SMILES string of the molecule is CCCNCCNC(=O)Cc1cn(-c2ccccc2)nc1-c1ccc(OC)cc1. The van der Waals surface area contributed by atoms with Gasteiger partial charge >= 0.3 is 0 Å². The fourth-order valence-corrected chi connectivity index (χ4v) is 3.07. The second kappa shape index (κ2) is 10.4. The highest BCUT2D eigenvalue weighted by molar-refractivity contribution is 5.81. The van der Waals surface area contributed by atoms with Crippen LogP contribution in [0.3, 0.4) is 0 Å². The number of methoxy groups -OCH3 is 1. The van der Waals surface area contributed by atoms with Crippen LogP contribution in [0.1, 0.15) is 18.9 Å². The van der Waals surface area contributed by atoms with Crippen molar-refractivity contribution in [2.75, 3.05) is 26.7 Å². The van der Waals surface area contributed by atoms with Gasteiger partial charge in [-0.2, -0.15) is 5.10 Å². The maximum atomic E-state index is 12.5. The Morgan fingerprint density at radius 1 is 1.03 bits per heavy atom. The summed E-state index contributed by atoms with van der Waals surface area (Å²) >= 11 is 0. The van der Waals surface area contributed by atoms with Crippen molar-refractivity contribution in [1.29, 1.82) is 0 Å². The summed E-state index contributed by atoms with van der Waals surface area (Å²) in [6.45, 7) is 4.47. The maximum absolute atomic E-state index is 12.5. The Bertz CT molecular complexity index is 904. The minimum absolute atomic E-state index is 0.00864. The lowest BCUT2D eigenvalue weighted by Gasteiger charge is -2.07. The van der Waals surface area contributed by atoms with Crippen LogP contribution in [0, 0.1) is 0 Å². The van der Waals surface area contributed by atoms with Crippen molar-refractivity contribution in [3.05, 3.63) is 66.4 Å². The van der Waals surface area contributed by atoms with Crippen molar-refractivity contribution in [3.8, 4) is 22.7 Å². The number of hydrogen-bond donors (Lipinski definition) is 2. The molecule has 3 rings (SSSR count). The molecule has 2 aromatic carbocycles. The summed E-state index contributed by atoms with van der Waals surface area (Å²) in [5.41, 5.74) is 3.60. The zero-order valence-electron chi connectivity index (χ0n) is 17.0. The first kappa shape index (κ1) is 20.6. The Morgan fingerprint density at radius 2 is 1.79 bits per heavy atom. The number of ether oxygens (including phenoxy) is 1. The minimum atomic E-state index is -0.00864. The van der Waals surface area contributed by atoms with Crippen LogP contribution in [0.2, 0.25) is 0 Å². The molecule has 0 fully saturated rings. The van der Waals surface area contributed by atoms with E-state index >= 15 is 0 Å². The second-order valence-electron chi connectivity index (χ2n) is 6.79. The van der Waals surface area contributed by atoms with E-state index in [1.807, 2.05) is 65.5 Å². The molecule has 0 bridgehead atoms. The summed E-state index contributed by atoms with van der Waals surface area (Å²) in [5, 5.41) is 11.0. The molecule has 29 heavy (non-hydrogen) atoms. The van der Waals surface area contributed by atoms with E-state index in [0.29, 0.717) is 6.54 Å². The van der Waals surface area contributed by atoms with Gasteiger partial charge in [0.1, 0.15) is 5.75 Å². The van der Waals surface area contributed by atoms with Crippen molar-refractivity contribution in [2.24, 2.45) is 0 Å². The molecule has 0 spiro atoms. The first-order valence-corrected chi connectivity index (χ1v) is 9.97. The lowest BCUT2D eigenvalue weighted by atomic mass is 10.1. The molecule has 1 amide bonds. The van der Waals surface area contributed by atoms with Crippen molar-refractivity contribution in [1.82, 2.24) is 20.4 Å². The quantitative estimate of drug-likeness (QED) is 0.520. The summed E-state index contributed by atoms with van der Waals surface area (Å²) in [4.78, 5) is 12.5. The molecule has 0 aliphatic rings. The Labute approximate surface area is 171 Å². The molecule has 6 heteroatoms. The van der Waals surface area contributed by atoms with Gasteiger partial charge in [0.05, 0.1) is 24.9 Å². The third-order valence-electron chi connectivity index (χ3n) is 4.58. The fourth-order valence-electron chi connectivity index (χ4n) is 3.07. The first-order chi connectivity index (χ1) is 14.2. The molecule has 1 heterocycles. The van der Waals surface area contributed by atoms with Gasteiger partial charge in [0, 0.05) is 30.4 Å². The predicted molar refractivity (Wildman–Crippen MR) is 115 cm³/mol. The van der Waals surface area contributed by atoms with Crippen molar-refractivity contribution in [3.63, 3.8) is 0 Å². The molecule has 152 valence electrons. The highest BCUT2D eigenvalue weighted by atomic mass is 16.5. The Balaban J connectivity index is 1.80. The highest BCUT2D eigenvalue weighted by Crippen LogP contribution is 2.26. The summed E-state index contributed by atoms with van der Waals surface area (Å²) in [6.07, 6.45) is 3.30. The van der Waals surface area contributed by atoms with Crippen molar-refractivity contribution in [2.45, 2.75) is 19.8 Å². The van der Waals surface area contributed by atoms with E-state index in [-0.39, 0.29) is 12.3 Å². The molecule has 3 aromatic rings. The van der Waals surface area contributed by atoms with Crippen LogP contribution in [-0.4, -0.2) is 42.4 Å². The van der Waals surface area contributed by atoms with E-state index in [4.69, 9.17) is 9.84 Å².